The molecule has 1 heterocycles. The molecule has 96 valence electrons. The Bertz CT molecular complexity index is 506. The molecule has 5 heteroatoms. The number of aromatic nitrogens is 1. The van der Waals surface area contributed by atoms with Crippen LogP contribution in [0.1, 0.15) is 26.2 Å². The highest BCUT2D eigenvalue weighted by Crippen LogP contribution is 2.33. The second kappa shape index (κ2) is 6.20. The van der Waals surface area contributed by atoms with E-state index in [-0.39, 0.29) is 5.25 Å². The van der Waals surface area contributed by atoms with Crippen molar-refractivity contribution in [3.63, 3.8) is 0 Å². The summed E-state index contributed by atoms with van der Waals surface area (Å²) in [5.74, 6) is -0.743. The van der Waals surface area contributed by atoms with Gasteiger partial charge in [-0.1, -0.05) is 43.7 Å². The number of thioether (sulfide) groups is 1. The van der Waals surface area contributed by atoms with Crippen LogP contribution >= 0.6 is 23.1 Å². The number of fused-ring (bicyclic) bond motifs is 1. The van der Waals surface area contributed by atoms with Crippen LogP contribution in [0.15, 0.2) is 28.6 Å². The van der Waals surface area contributed by atoms with E-state index in [1.54, 1.807) is 11.3 Å². The van der Waals surface area contributed by atoms with Gasteiger partial charge < -0.3 is 5.11 Å². The van der Waals surface area contributed by atoms with Gasteiger partial charge in [-0.15, -0.1) is 11.3 Å². The van der Waals surface area contributed by atoms with Crippen LogP contribution in [0.25, 0.3) is 10.2 Å². The van der Waals surface area contributed by atoms with Crippen LogP contribution in [0.5, 0.6) is 0 Å². The zero-order chi connectivity index (χ0) is 13.0. The molecular formula is C13H15NO2S2. The number of hydrogen-bond acceptors (Lipinski definition) is 4. The number of carbonyl (C=O) groups is 1. The van der Waals surface area contributed by atoms with Crippen LogP contribution in [-0.4, -0.2) is 21.3 Å². The number of thiazole rings is 1. The third kappa shape index (κ3) is 3.23. The summed E-state index contributed by atoms with van der Waals surface area (Å²) in [7, 11) is 0. The maximum Gasteiger partial charge on any atom is 0.317 e. The molecule has 2 aromatic rings. The van der Waals surface area contributed by atoms with Crippen LogP contribution in [0, 0.1) is 0 Å². The van der Waals surface area contributed by atoms with Crippen LogP contribution in [0.3, 0.4) is 0 Å². The van der Waals surface area contributed by atoms with Gasteiger partial charge in [0.25, 0.3) is 0 Å². The van der Waals surface area contributed by atoms with Gasteiger partial charge in [0, 0.05) is 0 Å². The van der Waals surface area contributed by atoms with E-state index in [0.717, 1.165) is 27.4 Å². The summed E-state index contributed by atoms with van der Waals surface area (Å²) in [4.78, 5) is 15.6. The average Bonchev–Trinajstić information content (AvgIpc) is 2.76. The number of hydrogen-bond donors (Lipinski definition) is 1. The van der Waals surface area contributed by atoms with Gasteiger partial charge in [0.2, 0.25) is 0 Å². The minimum Gasteiger partial charge on any atom is -0.480 e. The molecule has 0 saturated heterocycles. The smallest absolute Gasteiger partial charge is 0.317 e. The topological polar surface area (TPSA) is 50.2 Å². The van der Waals surface area contributed by atoms with E-state index in [1.165, 1.54) is 11.8 Å². The predicted molar refractivity (Wildman–Crippen MR) is 76.4 cm³/mol. The second-order valence-corrected chi connectivity index (χ2v) is 6.51. The quantitative estimate of drug-likeness (QED) is 0.812. The lowest BCUT2D eigenvalue weighted by molar-refractivity contribution is -0.136. The lowest BCUT2D eigenvalue weighted by atomic mass is 10.2. The summed E-state index contributed by atoms with van der Waals surface area (Å²) in [6.07, 6.45) is 2.66. The molecule has 0 bridgehead atoms. The van der Waals surface area contributed by atoms with E-state index >= 15 is 0 Å². The maximum absolute atomic E-state index is 11.2. The molecule has 18 heavy (non-hydrogen) atoms. The van der Waals surface area contributed by atoms with E-state index in [0.29, 0.717) is 6.42 Å². The van der Waals surface area contributed by atoms with E-state index in [1.807, 2.05) is 24.3 Å². The Hall–Kier alpha value is -1.07. The molecule has 1 aromatic carbocycles. The Morgan fingerprint density at radius 2 is 2.28 bits per heavy atom. The minimum atomic E-state index is -0.743. The molecule has 0 spiro atoms. The Morgan fingerprint density at radius 1 is 1.50 bits per heavy atom. The van der Waals surface area contributed by atoms with Crippen LogP contribution < -0.4 is 0 Å². The van der Waals surface area contributed by atoms with Crippen LogP contribution in [-0.2, 0) is 4.79 Å². The Balaban J connectivity index is 2.12. The van der Waals surface area contributed by atoms with Crippen molar-refractivity contribution in [2.45, 2.75) is 35.8 Å². The van der Waals surface area contributed by atoms with Gasteiger partial charge in [-0.05, 0) is 18.6 Å². The number of aliphatic carboxylic acids is 1. The van der Waals surface area contributed by atoms with Crippen molar-refractivity contribution in [2.75, 3.05) is 0 Å². The van der Waals surface area contributed by atoms with Gasteiger partial charge in [0.15, 0.2) is 4.34 Å². The average molecular weight is 281 g/mol. The molecule has 0 saturated carbocycles. The molecule has 1 N–H and O–H groups in total. The van der Waals surface area contributed by atoms with E-state index in [4.69, 9.17) is 0 Å². The normalized spacial score (nSPS) is 12.7. The third-order valence-electron chi connectivity index (χ3n) is 2.61. The molecule has 1 unspecified atom stereocenters. The largest absolute Gasteiger partial charge is 0.480 e. The standard InChI is InChI=1S/C13H15NO2S2/c1-2-3-7-11(12(15)16)18-13-14-9-6-4-5-8-10(9)17-13/h4-6,8,11H,2-3,7H2,1H3,(H,15,16). The van der Waals surface area contributed by atoms with Crippen molar-refractivity contribution in [3.05, 3.63) is 24.3 Å². The summed E-state index contributed by atoms with van der Waals surface area (Å²) in [6.45, 7) is 2.07. The highest BCUT2D eigenvalue weighted by Gasteiger charge is 2.20. The summed E-state index contributed by atoms with van der Waals surface area (Å²) in [5.41, 5.74) is 0.949. The lowest BCUT2D eigenvalue weighted by Crippen LogP contribution is -2.15. The van der Waals surface area contributed by atoms with Crippen LogP contribution in [0.2, 0.25) is 0 Å². The van der Waals surface area contributed by atoms with Gasteiger partial charge in [0.1, 0.15) is 5.25 Å². The second-order valence-electron chi connectivity index (χ2n) is 4.03. The zero-order valence-electron chi connectivity index (χ0n) is 10.1. The fourth-order valence-corrected chi connectivity index (χ4v) is 3.93. The molecule has 0 amide bonds. The molecule has 0 aliphatic rings. The van der Waals surface area contributed by atoms with E-state index in [2.05, 4.69) is 11.9 Å². The molecule has 1 aromatic heterocycles. The highest BCUT2D eigenvalue weighted by molar-refractivity contribution is 8.02. The molecule has 0 fully saturated rings. The first-order valence-electron chi connectivity index (χ1n) is 5.95. The Kier molecular flexibility index (Phi) is 4.60. The number of rotatable bonds is 6. The first-order valence-corrected chi connectivity index (χ1v) is 7.65. The van der Waals surface area contributed by atoms with Crippen molar-refractivity contribution in [3.8, 4) is 0 Å². The van der Waals surface area contributed by atoms with Gasteiger partial charge in [0.05, 0.1) is 10.2 Å². The van der Waals surface area contributed by atoms with Crippen LogP contribution in [0.4, 0.5) is 0 Å². The first kappa shape index (κ1) is 13.4. The van der Waals surface area contributed by atoms with E-state index in [9.17, 15) is 9.90 Å². The number of para-hydroxylation sites is 1. The molecular weight excluding hydrogens is 266 g/mol. The number of unbranched alkanes of at least 4 members (excludes halogenated alkanes) is 1. The maximum atomic E-state index is 11.2. The van der Waals surface area contributed by atoms with E-state index < -0.39 is 5.97 Å². The number of benzene rings is 1. The molecule has 2 rings (SSSR count). The minimum absolute atomic E-state index is 0.384. The van der Waals surface area contributed by atoms with Crippen molar-refractivity contribution >= 4 is 39.3 Å². The summed E-state index contributed by atoms with van der Waals surface area (Å²) >= 11 is 2.94. The predicted octanol–water partition coefficient (Wildman–Crippen LogP) is 4.03. The fraction of sp³-hybridized carbons (Fsp3) is 0.385. The Labute approximate surface area is 114 Å². The molecule has 0 aliphatic carbocycles. The number of carboxylic acids is 1. The lowest BCUT2D eigenvalue weighted by Gasteiger charge is -2.08. The fourth-order valence-electron chi connectivity index (χ4n) is 1.65. The monoisotopic (exact) mass is 281 g/mol. The molecule has 1 atom stereocenters. The molecule has 3 nitrogen and oxygen atoms in total. The van der Waals surface area contributed by atoms with Crippen molar-refractivity contribution in [2.24, 2.45) is 0 Å². The summed E-state index contributed by atoms with van der Waals surface area (Å²) < 4.78 is 1.96. The summed E-state index contributed by atoms with van der Waals surface area (Å²) in [6, 6.07) is 7.89. The molecule has 0 aliphatic heterocycles. The zero-order valence-corrected chi connectivity index (χ0v) is 11.8. The highest BCUT2D eigenvalue weighted by atomic mass is 32.2. The van der Waals surface area contributed by atoms with Gasteiger partial charge in [-0.25, -0.2) is 4.98 Å². The first-order chi connectivity index (χ1) is 8.70. The molecule has 0 radical (unpaired) electrons. The number of nitrogens with zero attached hydrogens (tertiary/aromatic N) is 1. The van der Waals surface area contributed by atoms with Crippen molar-refractivity contribution in [1.29, 1.82) is 0 Å². The van der Waals surface area contributed by atoms with Crippen molar-refractivity contribution < 1.29 is 9.90 Å². The van der Waals surface area contributed by atoms with Gasteiger partial charge in [-0.2, -0.15) is 0 Å². The van der Waals surface area contributed by atoms with Gasteiger partial charge in [-0.3, -0.25) is 4.79 Å². The SMILES string of the molecule is CCCCC(Sc1nc2ccccc2s1)C(=O)O. The third-order valence-corrected chi connectivity index (χ3v) is 5.00. The van der Waals surface area contributed by atoms with Crippen molar-refractivity contribution in [1.82, 2.24) is 4.98 Å². The summed E-state index contributed by atoms with van der Waals surface area (Å²) in [5, 5.41) is 8.81. The Morgan fingerprint density at radius 3 is 2.94 bits per heavy atom. The number of carboxylic acid groups (broad SMARTS) is 1. The van der Waals surface area contributed by atoms with Gasteiger partial charge >= 0.3 is 5.97 Å².